The van der Waals surface area contributed by atoms with Crippen LogP contribution in [-0.4, -0.2) is 45.9 Å². The van der Waals surface area contributed by atoms with E-state index in [-0.39, 0.29) is 17.8 Å². The summed E-state index contributed by atoms with van der Waals surface area (Å²) >= 11 is 0. The second kappa shape index (κ2) is 6.63. The van der Waals surface area contributed by atoms with Crippen LogP contribution in [-0.2, 0) is 9.53 Å². The van der Waals surface area contributed by atoms with Crippen molar-refractivity contribution in [2.45, 2.75) is 33.6 Å². The number of nitrogens with zero attached hydrogens (tertiary/aromatic N) is 3. The zero-order chi connectivity index (χ0) is 17.3. The second-order valence-electron chi connectivity index (χ2n) is 6.32. The molecular weight excluding hydrogens is 306 g/mol. The molecule has 6 heteroatoms. The number of hydrogen-bond donors (Lipinski definition) is 0. The molecule has 0 spiro atoms. The lowest BCUT2D eigenvalue weighted by atomic mass is 9.98. The largest absolute Gasteiger partial charge is 0.466 e. The first-order chi connectivity index (χ1) is 11.5. The van der Waals surface area contributed by atoms with E-state index >= 15 is 0 Å². The van der Waals surface area contributed by atoms with E-state index in [4.69, 9.17) is 4.74 Å². The predicted molar refractivity (Wildman–Crippen MR) is 89.9 cm³/mol. The first-order valence-corrected chi connectivity index (χ1v) is 8.42. The molecular formula is C18H23N3O3. The third kappa shape index (κ3) is 3.00. The summed E-state index contributed by atoms with van der Waals surface area (Å²) in [7, 11) is 0. The maximum Gasteiger partial charge on any atom is 0.310 e. The van der Waals surface area contributed by atoms with Crippen molar-refractivity contribution in [3.05, 3.63) is 35.3 Å². The Morgan fingerprint density at radius 1 is 1.38 bits per heavy atom. The highest BCUT2D eigenvalue weighted by molar-refractivity contribution is 5.95. The normalized spacial score (nSPS) is 18.0. The van der Waals surface area contributed by atoms with Crippen LogP contribution >= 0.6 is 0 Å². The van der Waals surface area contributed by atoms with E-state index in [2.05, 4.69) is 4.98 Å². The van der Waals surface area contributed by atoms with Crippen LogP contribution in [0, 0.1) is 19.8 Å². The Labute approximate surface area is 141 Å². The van der Waals surface area contributed by atoms with E-state index in [0.29, 0.717) is 31.1 Å². The summed E-state index contributed by atoms with van der Waals surface area (Å²) in [6.07, 6.45) is 3.46. The van der Waals surface area contributed by atoms with Crippen LogP contribution in [0.5, 0.6) is 0 Å². The minimum atomic E-state index is -0.232. The number of likely N-dealkylation sites (tertiary alicyclic amines) is 1. The van der Waals surface area contributed by atoms with Gasteiger partial charge >= 0.3 is 5.97 Å². The van der Waals surface area contributed by atoms with Gasteiger partial charge < -0.3 is 9.64 Å². The fraction of sp³-hybridized carbons (Fsp3) is 0.500. The quantitative estimate of drug-likeness (QED) is 0.811. The van der Waals surface area contributed by atoms with Gasteiger partial charge in [-0.05, 0) is 51.3 Å². The number of carbonyl (C=O) groups is 2. The van der Waals surface area contributed by atoms with Gasteiger partial charge in [0.2, 0.25) is 0 Å². The molecule has 2 aromatic heterocycles. The third-order valence-corrected chi connectivity index (χ3v) is 4.49. The van der Waals surface area contributed by atoms with Crippen molar-refractivity contribution >= 4 is 17.5 Å². The molecule has 128 valence electrons. The average molecular weight is 329 g/mol. The van der Waals surface area contributed by atoms with Crippen molar-refractivity contribution in [1.29, 1.82) is 0 Å². The SMILES string of the molecule is CCOC(=O)C1CCCN(C(=O)c2c(C)nc3cc(C)ccn23)C1. The first-order valence-electron chi connectivity index (χ1n) is 8.42. The zero-order valence-electron chi connectivity index (χ0n) is 14.4. The Hall–Kier alpha value is -2.37. The Morgan fingerprint density at radius 3 is 2.92 bits per heavy atom. The van der Waals surface area contributed by atoms with Gasteiger partial charge in [-0.25, -0.2) is 4.98 Å². The summed E-state index contributed by atoms with van der Waals surface area (Å²) in [5.74, 6) is -0.511. The molecule has 1 atom stereocenters. The van der Waals surface area contributed by atoms with Gasteiger partial charge in [0.25, 0.3) is 5.91 Å². The van der Waals surface area contributed by atoms with Crippen LogP contribution < -0.4 is 0 Å². The van der Waals surface area contributed by atoms with E-state index in [9.17, 15) is 9.59 Å². The minimum Gasteiger partial charge on any atom is -0.466 e. The van der Waals surface area contributed by atoms with Crippen LogP contribution in [0.3, 0.4) is 0 Å². The van der Waals surface area contributed by atoms with Crippen molar-refractivity contribution in [3.8, 4) is 0 Å². The smallest absolute Gasteiger partial charge is 0.310 e. The molecule has 6 nitrogen and oxygen atoms in total. The topological polar surface area (TPSA) is 63.9 Å². The lowest BCUT2D eigenvalue weighted by Crippen LogP contribution is -2.43. The minimum absolute atomic E-state index is 0.0714. The van der Waals surface area contributed by atoms with Crippen LogP contribution in [0.4, 0.5) is 0 Å². The summed E-state index contributed by atoms with van der Waals surface area (Å²) in [5, 5.41) is 0. The van der Waals surface area contributed by atoms with Crippen molar-refractivity contribution in [2.75, 3.05) is 19.7 Å². The summed E-state index contributed by atoms with van der Waals surface area (Å²) in [6.45, 7) is 7.09. The number of piperidine rings is 1. The number of aromatic nitrogens is 2. The van der Waals surface area contributed by atoms with Crippen LogP contribution in [0.25, 0.3) is 5.65 Å². The fourth-order valence-corrected chi connectivity index (χ4v) is 3.29. The summed E-state index contributed by atoms with van der Waals surface area (Å²) in [6, 6.07) is 3.92. The van der Waals surface area contributed by atoms with E-state index in [0.717, 1.165) is 24.1 Å². The Bertz CT molecular complexity index is 781. The number of amides is 1. The van der Waals surface area contributed by atoms with Crippen LogP contribution in [0.15, 0.2) is 18.3 Å². The summed E-state index contributed by atoms with van der Waals surface area (Å²) in [4.78, 5) is 31.3. The number of fused-ring (bicyclic) bond motifs is 1. The maximum absolute atomic E-state index is 13.0. The molecule has 24 heavy (non-hydrogen) atoms. The number of imidazole rings is 1. The molecule has 0 radical (unpaired) electrons. The molecule has 1 amide bonds. The first kappa shape index (κ1) is 16.5. The Morgan fingerprint density at radius 2 is 2.17 bits per heavy atom. The number of pyridine rings is 1. The van der Waals surface area contributed by atoms with Crippen molar-refractivity contribution in [1.82, 2.24) is 14.3 Å². The van der Waals surface area contributed by atoms with Crippen molar-refractivity contribution in [3.63, 3.8) is 0 Å². The lowest BCUT2D eigenvalue weighted by Gasteiger charge is -2.31. The van der Waals surface area contributed by atoms with Crippen molar-refractivity contribution < 1.29 is 14.3 Å². The highest BCUT2D eigenvalue weighted by Gasteiger charge is 2.31. The zero-order valence-corrected chi connectivity index (χ0v) is 14.4. The summed E-state index contributed by atoms with van der Waals surface area (Å²) in [5.41, 5.74) is 3.17. The molecule has 0 aromatic carbocycles. The summed E-state index contributed by atoms with van der Waals surface area (Å²) < 4.78 is 6.94. The molecule has 0 N–H and O–H groups in total. The van der Waals surface area contributed by atoms with Gasteiger partial charge in [-0.2, -0.15) is 0 Å². The lowest BCUT2D eigenvalue weighted by molar-refractivity contribution is -0.149. The highest BCUT2D eigenvalue weighted by Crippen LogP contribution is 2.22. The molecule has 3 heterocycles. The van der Waals surface area contributed by atoms with Gasteiger partial charge in [0, 0.05) is 19.3 Å². The number of carbonyl (C=O) groups excluding carboxylic acids is 2. The van der Waals surface area contributed by atoms with Crippen LogP contribution in [0.2, 0.25) is 0 Å². The monoisotopic (exact) mass is 329 g/mol. The molecule has 0 aliphatic carbocycles. The van der Waals surface area contributed by atoms with Crippen LogP contribution in [0.1, 0.15) is 41.5 Å². The van der Waals surface area contributed by atoms with Crippen molar-refractivity contribution in [2.24, 2.45) is 5.92 Å². The molecule has 1 aliphatic rings. The standard InChI is InChI=1S/C18H23N3O3/c1-4-24-18(23)14-6-5-8-20(11-14)17(22)16-13(3)19-15-10-12(2)7-9-21(15)16/h7,9-10,14H,4-6,8,11H2,1-3H3. The van der Waals surface area contributed by atoms with E-state index < -0.39 is 0 Å². The van der Waals surface area contributed by atoms with Gasteiger partial charge in [-0.3, -0.25) is 14.0 Å². The molecule has 3 rings (SSSR count). The van der Waals surface area contributed by atoms with Gasteiger partial charge in [-0.1, -0.05) is 0 Å². The molecule has 1 aliphatic heterocycles. The van der Waals surface area contributed by atoms with Gasteiger partial charge in [0.15, 0.2) is 0 Å². The number of hydrogen-bond acceptors (Lipinski definition) is 4. The van der Waals surface area contributed by atoms with E-state index in [1.165, 1.54) is 0 Å². The number of esters is 1. The van der Waals surface area contributed by atoms with E-state index in [1.807, 2.05) is 36.6 Å². The van der Waals surface area contributed by atoms with Gasteiger partial charge in [-0.15, -0.1) is 0 Å². The maximum atomic E-state index is 13.0. The highest BCUT2D eigenvalue weighted by atomic mass is 16.5. The fourth-order valence-electron chi connectivity index (χ4n) is 3.29. The number of ether oxygens (including phenoxy) is 1. The molecule has 2 aromatic rings. The average Bonchev–Trinajstić information content (AvgIpc) is 2.89. The second-order valence-corrected chi connectivity index (χ2v) is 6.32. The number of rotatable bonds is 3. The molecule has 0 bridgehead atoms. The van der Waals surface area contributed by atoms with E-state index in [1.54, 1.807) is 11.8 Å². The predicted octanol–water partition coefficient (Wildman–Crippen LogP) is 2.37. The molecule has 1 unspecified atom stereocenters. The molecule has 1 saturated heterocycles. The van der Waals surface area contributed by atoms with Gasteiger partial charge in [0.05, 0.1) is 18.2 Å². The van der Waals surface area contributed by atoms with Gasteiger partial charge in [0.1, 0.15) is 11.3 Å². The molecule has 0 saturated carbocycles. The Balaban J connectivity index is 1.86. The number of aryl methyl sites for hydroxylation is 2. The Kier molecular flexibility index (Phi) is 4.55. The molecule has 1 fully saturated rings. The third-order valence-electron chi connectivity index (χ3n) is 4.49.